The van der Waals surface area contributed by atoms with Gasteiger partial charge in [-0.2, -0.15) is 0 Å². The van der Waals surface area contributed by atoms with Gasteiger partial charge in [0.15, 0.2) is 0 Å². The monoisotopic (exact) mass is 268 g/mol. The Labute approximate surface area is 117 Å². The van der Waals surface area contributed by atoms with Gasteiger partial charge in [0, 0.05) is 0 Å². The molecule has 0 amide bonds. The predicted octanol–water partition coefficient (Wildman–Crippen LogP) is 2.83. The summed E-state index contributed by atoms with van der Waals surface area (Å²) in [5.74, 6) is -0.855. The van der Waals surface area contributed by atoms with Crippen molar-refractivity contribution >= 4 is 5.97 Å². The summed E-state index contributed by atoms with van der Waals surface area (Å²) in [6.07, 6.45) is 0.0492. The Morgan fingerprint density at radius 1 is 1.00 bits per heavy atom. The molecule has 0 unspecified atom stereocenters. The minimum atomic E-state index is -0.953. The molecule has 1 aliphatic carbocycles. The molecule has 102 valence electrons. The highest BCUT2D eigenvalue weighted by Crippen LogP contribution is 2.47. The molecular formula is C17H16O3. The van der Waals surface area contributed by atoms with Crippen LogP contribution < -0.4 is 0 Å². The van der Waals surface area contributed by atoms with Crippen molar-refractivity contribution in [1.29, 1.82) is 0 Å². The lowest BCUT2D eigenvalue weighted by molar-refractivity contribution is -0.152. The van der Waals surface area contributed by atoms with Crippen LogP contribution in [0.15, 0.2) is 54.6 Å². The van der Waals surface area contributed by atoms with Crippen LogP contribution in [-0.2, 0) is 10.2 Å². The van der Waals surface area contributed by atoms with Gasteiger partial charge in [-0.1, -0.05) is 54.6 Å². The third kappa shape index (κ3) is 1.91. The lowest BCUT2D eigenvalue weighted by Gasteiger charge is -2.43. The van der Waals surface area contributed by atoms with E-state index in [9.17, 15) is 15.0 Å². The summed E-state index contributed by atoms with van der Waals surface area (Å²) in [5.41, 5.74) is 1.78. The molecule has 2 aromatic carbocycles. The van der Waals surface area contributed by atoms with Crippen LogP contribution in [0, 0.1) is 0 Å². The molecule has 20 heavy (non-hydrogen) atoms. The third-order valence-electron chi connectivity index (χ3n) is 4.10. The maximum Gasteiger partial charge on any atom is 0.314 e. The van der Waals surface area contributed by atoms with E-state index in [-0.39, 0.29) is 12.8 Å². The normalized spacial score (nSPS) is 24.9. The molecule has 2 N–H and O–H groups in total. The van der Waals surface area contributed by atoms with Gasteiger partial charge in [-0.3, -0.25) is 4.79 Å². The Hall–Kier alpha value is -2.13. The van der Waals surface area contributed by atoms with E-state index in [1.807, 2.05) is 54.6 Å². The number of hydrogen-bond acceptors (Lipinski definition) is 2. The lowest BCUT2D eigenvalue weighted by Crippen LogP contribution is -2.50. The van der Waals surface area contributed by atoms with E-state index in [0.717, 1.165) is 16.7 Å². The van der Waals surface area contributed by atoms with Crippen molar-refractivity contribution in [3.8, 4) is 11.1 Å². The first kappa shape index (κ1) is 12.9. The second-order valence-electron chi connectivity index (χ2n) is 5.36. The van der Waals surface area contributed by atoms with Crippen LogP contribution in [0.25, 0.3) is 11.1 Å². The van der Waals surface area contributed by atoms with Crippen molar-refractivity contribution < 1.29 is 15.0 Å². The topological polar surface area (TPSA) is 57.5 Å². The lowest BCUT2D eigenvalue weighted by atomic mass is 9.61. The first-order valence-electron chi connectivity index (χ1n) is 6.70. The zero-order chi connectivity index (χ0) is 14.2. The summed E-state index contributed by atoms with van der Waals surface area (Å²) < 4.78 is 0. The average Bonchev–Trinajstić information content (AvgIpc) is 2.44. The fourth-order valence-corrected chi connectivity index (χ4v) is 3.02. The summed E-state index contributed by atoms with van der Waals surface area (Å²) >= 11 is 0. The highest BCUT2D eigenvalue weighted by molar-refractivity contribution is 5.87. The minimum Gasteiger partial charge on any atom is -0.481 e. The number of aliphatic carboxylic acids is 1. The van der Waals surface area contributed by atoms with Crippen LogP contribution >= 0.6 is 0 Å². The number of aliphatic hydroxyl groups is 1. The van der Waals surface area contributed by atoms with Gasteiger partial charge in [-0.15, -0.1) is 0 Å². The predicted molar refractivity (Wildman–Crippen MR) is 76.4 cm³/mol. The van der Waals surface area contributed by atoms with E-state index in [2.05, 4.69) is 0 Å². The van der Waals surface area contributed by atoms with Gasteiger partial charge in [0.2, 0.25) is 0 Å². The van der Waals surface area contributed by atoms with E-state index in [4.69, 9.17) is 0 Å². The fraction of sp³-hybridized carbons (Fsp3) is 0.235. The zero-order valence-electron chi connectivity index (χ0n) is 11.0. The molecule has 3 nitrogen and oxygen atoms in total. The quantitative estimate of drug-likeness (QED) is 0.900. The van der Waals surface area contributed by atoms with Gasteiger partial charge in [0.05, 0.1) is 11.5 Å². The Morgan fingerprint density at radius 2 is 1.60 bits per heavy atom. The Balaban J connectivity index is 2.13. The Morgan fingerprint density at radius 3 is 2.20 bits per heavy atom. The fourth-order valence-electron chi connectivity index (χ4n) is 3.02. The Kier molecular flexibility index (Phi) is 3.07. The van der Waals surface area contributed by atoms with Crippen molar-refractivity contribution in [2.24, 2.45) is 0 Å². The first-order chi connectivity index (χ1) is 9.63. The maximum absolute atomic E-state index is 11.7. The molecule has 0 saturated heterocycles. The SMILES string of the molecule is O=C(O)C1(c2ccccc2-c2ccccc2)CC(O)C1. The van der Waals surface area contributed by atoms with Crippen LogP contribution in [-0.4, -0.2) is 22.3 Å². The molecular weight excluding hydrogens is 252 g/mol. The van der Waals surface area contributed by atoms with Crippen molar-refractivity contribution in [3.63, 3.8) is 0 Å². The largest absolute Gasteiger partial charge is 0.481 e. The van der Waals surface area contributed by atoms with Gasteiger partial charge in [-0.25, -0.2) is 0 Å². The van der Waals surface area contributed by atoms with Crippen LogP contribution in [0.1, 0.15) is 18.4 Å². The van der Waals surface area contributed by atoms with Crippen LogP contribution in [0.5, 0.6) is 0 Å². The molecule has 0 bridgehead atoms. The molecule has 2 aromatic rings. The molecule has 1 fully saturated rings. The van der Waals surface area contributed by atoms with Crippen molar-refractivity contribution in [3.05, 3.63) is 60.2 Å². The zero-order valence-corrected chi connectivity index (χ0v) is 11.0. The molecule has 3 heteroatoms. The van der Waals surface area contributed by atoms with E-state index in [0.29, 0.717) is 0 Å². The molecule has 1 aliphatic rings. The molecule has 0 spiro atoms. The summed E-state index contributed by atoms with van der Waals surface area (Å²) in [6.45, 7) is 0. The highest BCUT2D eigenvalue weighted by Gasteiger charge is 2.52. The van der Waals surface area contributed by atoms with Gasteiger partial charge < -0.3 is 10.2 Å². The maximum atomic E-state index is 11.7. The van der Waals surface area contributed by atoms with Gasteiger partial charge in [0.1, 0.15) is 0 Å². The third-order valence-corrected chi connectivity index (χ3v) is 4.10. The van der Waals surface area contributed by atoms with Gasteiger partial charge in [0.25, 0.3) is 0 Å². The number of carbonyl (C=O) groups is 1. The highest BCUT2D eigenvalue weighted by atomic mass is 16.4. The number of aliphatic hydroxyl groups excluding tert-OH is 1. The minimum absolute atomic E-state index is 0.284. The summed E-state index contributed by atoms with van der Waals surface area (Å²) in [6, 6.07) is 17.3. The summed E-state index contributed by atoms with van der Waals surface area (Å²) in [4.78, 5) is 11.7. The van der Waals surface area contributed by atoms with Crippen molar-refractivity contribution in [1.82, 2.24) is 0 Å². The van der Waals surface area contributed by atoms with Crippen molar-refractivity contribution in [2.75, 3.05) is 0 Å². The second kappa shape index (κ2) is 4.76. The first-order valence-corrected chi connectivity index (χ1v) is 6.70. The number of benzene rings is 2. The molecule has 0 aliphatic heterocycles. The van der Waals surface area contributed by atoms with Crippen LogP contribution in [0.3, 0.4) is 0 Å². The number of carboxylic acid groups (broad SMARTS) is 1. The molecule has 3 rings (SSSR count). The number of carboxylic acids is 1. The van der Waals surface area contributed by atoms with Gasteiger partial charge in [-0.05, 0) is 29.5 Å². The average molecular weight is 268 g/mol. The smallest absolute Gasteiger partial charge is 0.314 e. The summed E-state index contributed by atoms with van der Waals surface area (Å²) in [5, 5.41) is 19.2. The second-order valence-corrected chi connectivity index (χ2v) is 5.36. The van der Waals surface area contributed by atoms with E-state index in [1.54, 1.807) is 0 Å². The Bertz CT molecular complexity index is 628. The molecule has 0 aromatic heterocycles. The number of hydrogen-bond donors (Lipinski definition) is 2. The van der Waals surface area contributed by atoms with Crippen LogP contribution in [0.2, 0.25) is 0 Å². The van der Waals surface area contributed by atoms with Gasteiger partial charge >= 0.3 is 5.97 Å². The number of rotatable bonds is 3. The molecule has 0 heterocycles. The van der Waals surface area contributed by atoms with Crippen LogP contribution in [0.4, 0.5) is 0 Å². The van der Waals surface area contributed by atoms with E-state index < -0.39 is 17.5 Å². The van der Waals surface area contributed by atoms with E-state index >= 15 is 0 Å². The summed E-state index contributed by atoms with van der Waals surface area (Å²) in [7, 11) is 0. The molecule has 0 radical (unpaired) electrons. The standard InChI is InChI=1S/C17H16O3/c18-13-10-17(11-13,16(19)20)15-9-5-4-8-14(15)12-6-2-1-3-7-12/h1-9,13,18H,10-11H2,(H,19,20). The molecule has 1 saturated carbocycles. The van der Waals surface area contributed by atoms with Crippen molar-refractivity contribution in [2.45, 2.75) is 24.4 Å². The van der Waals surface area contributed by atoms with E-state index in [1.165, 1.54) is 0 Å². The molecule has 0 atom stereocenters.